The minimum atomic E-state index is 0.0794. The van der Waals surface area contributed by atoms with Crippen LogP contribution >= 0.6 is 0 Å². The fraction of sp³-hybridized carbons (Fsp3) is 1.00. The average Bonchev–Trinajstić information content (AvgIpc) is 2.38. The van der Waals surface area contributed by atoms with E-state index in [0.29, 0.717) is 18.7 Å². The molecule has 1 heterocycles. The number of rotatable bonds is 7. The van der Waals surface area contributed by atoms with Gasteiger partial charge in [0.05, 0.1) is 12.7 Å². The Hall–Kier alpha value is -0.160. The molecule has 1 rings (SSSR count). The van der Waals surface area contributed by atoms with Crippen molar-refractivity contribution in [3.8, 4) is 0 Å². The van der Waals surface area contributed by atoms with E-state index in [0.717, 1.165) is 32.5 Å². The van der Waals surface area contributed by atoms with Crippen LogP contribution in [0.25, 0.3) is 0 Å². The fourth-order valence-electron chi connectivity index (χ4n) is 2.98. The molecule has 18 heavy (non-hydrogen) atoms. The summed E-state index contributed by atoms with van der Waals surface area (Å²) in [6.07, 6.45) is 4.73. The Labute approximate surface area is 112 Å². The van der Waals surface area contributed by atoms with Gasteiger partial charge in [-0.15, -0.1) is 0 Å². The van der Waals surface area contributed by atoms with Crippen LogP contribution in [-0.4, -0.2) is 56.5 Å². The first-order valence-electron chi connectivity index (χ1n) is 7.13. The molecule has 0 aromatic carbocycles. The molecule has 0 saturated carbocycles. The van der Waals surface area contributed by atoms with Crippen LogP contribution in [-0.2, 0) is 9.47 Å². The number of methoxy groups -OCH3 is 1. The van der Waals surface area contributed by atoms with Crippen LogP contribution < -0.4 is 5.73 Å². The summed E-state index contributed by atoms with van der Waals surface area (Å²) in [6, 6.07) is 0.388. The molecule has 3 atom stereocenters. The van der Waals surface area contributed by atoms with Gasteiger partial charge in [0, 0.05) is 31.8 Å². The maximum atomic E-state index is 6.09. The number of hydrogen-bond donors (Lipinski definition) is 1. The highest BCUT2D eigenvalue weighted by molar-refractivity contribution is 4.96. The van der Waals surface area contributed by atoms with Crippen LogP contribution in [0.5, 0.6) is 0 Å². The molecule has 0 aromatic heterocycles. The molecule has 0 aliphatic carbocycles. The lowest BCUT2D eigenvalue weighted by molar-refractivity contribution is -0.0821. The molecular formula is C14H30N2O2. The van der Waals surface area contributed by atoms with Crippen molar-refractivity contribution in [3.63, 3.8) is 0 Å². The second-order valence-corrected chi connectivity index (χ2v) is 5.58. The molecule has 3 unspecified atom stereocenters. The highest BCUT2D eigenvalue weighted by Crippen LogP contribution is 2.32. The van der Waals surface area contributed by atoms with Crippen molar-refractivity contribution in [1.29, 1.82) is 0 Å². The molecule has 0 radical (unpaired) electrons. The van der Waals surface area contributed by atoms with Gasteiger partial charge < -0.3 is 15.2 Å². The van der Waals surface area contributed by atoms with Crippen molar-refractivity contribution in [2.75, 3.05) is 33.9 Å². The molecule has 1 aliphatic heterocycles. The van der Waals surface area contributed by atoms with Gasteiger partial charge in [-0.3, -0.25) is 4.90 Å². The van der Waals surface area contributed by atoms with Crippen LogP contribution in [0.1, 0.15) is 39.5 Å². The van der Waals surface area contributed by atoms with Crippen LogP contribution in [0.15, 0.2) is 0 Å². The SMILES string of the molecule is CCCC1CC(CN)(N(C)C(C)COC)CCO1. The topological polar surface area (TPSA) is 47.7 Å². The van der Waals surface area contributed by atoms with Crippen LogP contribution in [0.4, 0.5) is 0 Å². The zero-order valence-electron chi connectivity index (χ0n) is 12.4. The van der Waals surface area contributed by atoms with Gasteiger partial charge >= 0.3 is 0 Å². The van der Waals surface area contributed by atoms with E-state index in [9.17, 15) is 0 Å². The van der Waals surface area contributed by atoms with Crippen molar-refractivity contribution in [2.24, 2.45) is 5.73 Å². The van der Waals surface area contributed by atoms with E-state index in [4.69, 9.17) is 15.2 Å². The fourth-order valence-corrected chi connectivity index (χ4v) is 2.98. The Bertz CT molecular complexity index is 232. The van der Waals surface area contributed by atoms with E-state index in [1.54, 1.807) is 7.11 Å². The number of nitrogens with two attached hydrogens (primary N) is 1. The van der Waals surface area contributed by atoms with Gasteiger partial charge in [-0.25, -0.2) is 0 Å². The Balaban J connectivity index is 2.70. The van der Waals surface area contributed by atoms with E-state index in [-0.39, 0.29) is 5.54 Å². The summed E-state index contributed by atoms with van der Waals surface area (Å²) in [5.41, 5.74) is 6.17. The summed E-state index contributed by atoms with van der Waals surface area (Å²) in [6.45, 7) is 6.68. The summed E-state index contributed by atoms with van der Waals surface area (Å²) in [5, 5.41) is 0. The van der Waals surface area contributed by atoms with Gasteiger partial charge in [-0.05, 0) is 33.2 Å². The average molecular weight is 258 g/mol. The zero-order valence-corrected chi connectivity index (χ0v) is 12.4. The monoisotopic (exact) mass is 258 g/mol. The van der Waals surface area contributed by atoms with Crippen molar-refractivity contribution in [1.82, 2.24) is 4.90 Å². The van der Waals surface area contributed by atoms with Gasteiger partial charge in [0.15, 0.2) is 0 Å². The third-order valence-electron chi connectivity index (χ3n) is 4.34. The molecule has 1 saturated heterocycles. The van der Waals surface area contributed by atoms with Gasteiger partial charge in [-0.2, -0.15) is 0 Å². The maximum absolute atomic E-state index is 6.09. The van der Waals surface area contributed by atoms with E-state index < -0.39 is 0 Å². The van der Waals surface area contributed by atoms with Gasteiger partial charge in [0.2, 0.25) is 0 Å². The third kappa shape index (κ3) is 3.67. The Morgan fingerprint density at radius 2 is 2.28 bits per heavy atom. The number of hydrogen-bond acceptors (Lipinski definition) is 4. The van der Waals surface area contributed by atoms with Crippen molar-refractivity contribution >= 4 is 0 Å². The van der Waals surface area contributed by atoms with E-state index in [2.05, 4.69) is 25.8 Å². The molecule has 2 N–H and O–H groups in total. The van der Waals surface area contributed by atoms with Crippen molar-refractivity contribution < 1.29 is 9.47 Å². The largest absolute Gasteiger partial charge is 0.383 e. The molecule has 1 aliphatic rings. The van der Waals surface area contributed by atoms with Crippen molar-refractivity contribution in [2.45, 2.75) is 57.2 Å². The van der Waals surface area contributed by atoms with Crippen molar-refractivity contribution in [3.05, 3.63) is 0 Å². The second-order valence-electron chi connectivity index (χ2n) is 5.58. The number of nitrogens with zero attached hydrogens (tertiary/aromatic N) is 1. The lowest BCUT2D eigenvalue weighted by Gasteiger charge is -2.48. The molecule has 1 fully saturated rings. The Kier molecular flexibility index (Phi) is 6.57. The predicted octanol–water partition coefficient (Wildman–Crippen LogP) is 1.63. The predicted molar refractivity (Wildman–Crippen MR) is 74.8 cm³/mol. The lowest BCUT2D eigenvalue weighted by atomic mass is 9.83. The highest BCUT2D eigenvalue weighted by atomic mass is 16.5. The lowest BCUT2D eigenvalue weighted by Crippen LogP contribution is -2.60. The summed E-state index contributed by atoms with van der Waals surface area (Å²) in [5.74, 6) is 0. The summed E-state index contributed by atoms with van der Waals surface area (Å²) in [7, 11) is 3.92. The molecule has 4 nitrogen and oxygen atoms in total. The van der Waals surface area contributed by atoms with Crippen LogP contribution in [0.3, 0.4) is 0 Å². The van der Waals surface area contributed by atoms with E-state index in [1.807, 2.05) is 0 Å². The standard InChI is InChI=1S/C14H30N2O2/c1-5-6-13-9-14(11-15,7-8-18-13)16(3)12(2)10-17-4/h12-13H,5-11,15H2,1-4H3. The minimum absolute atomic E-state index is 0.0794. The van der Waals surface area contributed by atoms with Crippen LogP contribution in [0, 0.1) is 0 Å². The molecule has 0 spiro atoms. The first-order chi connectivity index (χ1) is 8.59. The summed E-state index contributed by atoms with van der Waals surface area (Å²) >= 11 is 0. The van der Waals surface area contributed by atoms with Crippen LogP contribution in [0.2, 0.25) is 0 Å². The normalized spacial score (nSPS) is 30.7. The molecule has 4 heteroatoms. The number of likely N-dealkylation sites (N-methyl/N-ethyl adjacent to an activating group) is 1. The summed E-state index contributed by atoms with van der Waals surface area (Å²) in [4.78, 5) is 2.40. The first-order valence-corrected chi connectivity index (χ1v) is 7.13. The highest BCUT2D eigenvalue weighted by Gasteiger charge is 2.40. The number of ether oxygens (including phenoxy) is 2. The van der Waals surface area contributed by atoms with E-state index in [1.165, 1.54) is 6.42 Å². The van der Waals surface area contributed by atoms with Gasteiger partial charge in [-0.1, -0.05) is 13.3 Å². The third-order valence-corrected chi connectivity index (χ3v) is 4.34. The molecule has 0 aromatic rings. The van der Waals surface area contributed by atoms with E-state index >= 15 is 0 Å². The minimum Gasteiger partial charge on any atom is -0.383 e. The molecule has 108 valence electrons. The Morgan fingerprint density at radius 3 is 2.83 bits per heavy atom. The second kappa shape index (κ2) is 7.43. The zero-order chi connectivity index (χ0) is 13.6. The molecule has 0 amide bonds. The first kappa shape index (κ1) is 15.9. The maximum Gasteiger partial charge on any atom is 0.0615 e. The summed E-state index contributed by atoms with van der Waals surface area (Å²) < 4.78 is 11.1. The van der Waals surface area contributed by atoms with Gasteiger partial charge in [0.1, 0.15) is 0 Å². The Morgan fingerprint density at radius 1 is 1.56 bits per heavy atom. The van der Waals surface area contributed by atoms with Gasteiger partial charge in [0.25, 0.3) is 0 Å². The quantitative estimate of drug-likeness (QED) is 0.754. The smallest absolute Gasteiger partial charge is 0.0615 e. The molecular weight excluding hydrogens is 228 g/mol. The molecule has 0 bridgehead atoms.